The number of carbonyl (C=O) groups is 2. The molecule has 5 heteroatoms. The summed E-state index contributed by atoms with van der Waals surface area (Å²) >= 11 is 0. The molecule has 0 unspecified atom stereocenters. The molecule has 0 radical (unpaired) electrons. The maximum Gasteiger partial charge on any atom is 0.354 e. The normalized spacial score (nSPS) is 10.4. The van der Waals surface area contributed by atoms with Crippen LogP contribution in [-0.4, -0.2) is 28.6 Å². The molecule has 1 rings (SSSR count). The highest BCUT2D eigenvalue weighted by molar-refractivity contribution is 5.85. The first-order chi connectivity index (χ1) is 8.13. The van der Waals surface area contributed by atoms with Crippen LogP contribution in [0.1, 0.15) is 29.4 Å². The minimum Gasteiger partial charge on any atom is -0.477 e. The molecule has 0 aromatic carbocycles. The van der Waals surface area contributed by atoms with Crippen molar-refractivity contribution in [2.45, 2.75) is 13.3 Å². The minimum atomic E-state index is -1.06. The maximum absolute atomic E-state index is 11.0. The highest BCUT2D eigenvalue weighted by atomic mass is 16.5. The van der Waals surface area contributed by atoms with E-state index in [0.29, 0.717) is 6.61 Å². The third-order valence-electron chi connectivity index (χ3n) is 1.91. The highest BCUT2D eigenvalue weighted by Gasteiger charge is 2.02. The highest BCUT2D eigenvalue weighted by Crippen LogP contribution is 2.03. The number of carboxylic acids is 1. The first kappa shape index (κ1) is 12.9. The van der Waals surface area contributed by atoms with Crippen LogP contribution in [0.5, 0.6) is 0 Å². The molecule has 1 heterocycles. The summed E-state index contributed by atoms with van der Waals surface area (Å²) in [5.74, 6) is -1.36. The molecular weight excluding hydrogens is 222 g/mol. The molecule has 0 amide bonds. The Morgan fingerprint density at radius 1 is 1.47 bits per heavy atom. The summed E-state index contributed by atoms with van der Waals surface area (Å²) < 4.78 is 4.75. The van der Waals surface area contributed by atoms with Crippen LogP contribution in [0.15, 0.2) is 24.4 Å². The molecule has 1 aromatic rings. The van der Waals surface area contributed by atoms with Crippen molar-refractivity contribution in [2.24, 2.45) is 0 Å². The van der Waals surface area contributed by atoms with Crippen LogP contribution in [0.25, 0.3) is 6.08 Å². The fourth-order valence-corrected chi connectivity index (χ4v) is 1.14. The second kappa shape index (κ2) is 6.42. The van der Waals surface area contributed by atoms with Crippen LogP contribution >= 0.6 is 0 Å². The van der Waals surface area contributed by atoms with Gasteiger partial charge in [-0.25, -0.2) is 9.78 Å². The number of pyridine rings is 1. The molecular formula is C12H13NO4. The SMILES string of the molecule is CCOC(=O)CC=Cc1ccc(C(=O)O)nc1. The lowest BCUT2D eigenvalue weighted by Crippen LogP contribution is -2.01. The number of carboxylic acid groups (broad SMARTS) is 1. The van der Waals surface area contributed by atoms with Gasteiger partial charge in [-0.05, 0) is 18.6 Å². The number of aromatic carboxylic acids is 1. The van der Waals surface area contributed by atoms with E-state index in [1.54, 1.807) is 25.1 Å². The summed E-state index contributed by atoms with van der Waals surface area (Å²) in [6, 6.07) is 3.03. The number of rotatable bonds is 5. The van der Waals surface area contributed by atoms with Gasteiger partial charge >= 0.3 is 11.9 Å². The predicted octanol–water partition coefficient (Wildman–Crippen LogP) is 1.75. The molecule has 0 saturated carbocycles. The Morgan fingerprint density at radius 2 is 2.24 bits per heavy atom. The Kier molecular flexibility index (Phi) is 4.87. The first-order valence-electron chi connectivity index (χ1n) is 5.15. The predicted molar refractivity (Wildman–Crippen MR) is 61.5 cm³/mol. The van der Waals surface area contributed by atoms with Crippen molar-refractivity contribution in [1.29, 1.82) is 0 Å². The second-order valence-corrected chi connectivity index (χ2v) is 3.19. The number of carbonyl (C=O) groups excluding carboxylic acids is 1. The summed E-state index contributed by atoms with van der Waals surface area (Å²) in [6.45, 7) is 2.11. The van der Waals surface area contributed by atoms with Gasteiger partial charge < -0.3 is 9.84 Å². The topological polar surface area (TPSA) is 76.5 Å². The van der Waals surface area contributed by atoms with Gasteiger partial charge in [0.1, 0.15) is 5.69 Å². The quantitative estimate of drug-likeness (QED) is 0.787. The summed E-state index contributed by atoms with van der Waals surface area (Å²) in [4.78, 5) is 25.3. The number of hydrogen-bond acceptors (Lipinski definition) is 4. The van der Waals surface area contributed by atoms with Gasteiger partial charge in [-0.2, -0.15) is 0 Å². The molecule has 0 atom stereocenters. The smallest absolute Gasteiger partial charge is 0.354 e. The Labute approximate surface area is 98.7 Å². The number of ether oxygens (including phenoxy) is 1. The number of esters is 1. The molecule has 1 aromatic heterocycles. The molecule has 5 nitrogen and oxygen atoms in total. The van der Waals surface area contributed by atoms with Crippen molar-refractivity contribution in [3.63, 3.8) is 0 Å². The second-order valence-electron chi connectivity index (χ2n) is 3.19. The van der Waals surface area contributed by atoms with Crippen LogP contribution in [0.4, 0.5) is 0 Å². The number of hydrogen-bond donors (Lipinski definition) is 1. The third-order valence-corrected chi connectivity index (χ3v) is 1.91. The zero-order valence-electron chi connectivity index (χ0n) is 9.42. The van der Waals surface area contributed by atoms with Gasteiger partial charge in [0.15, 0.2) is 0 Å². The van der Waals surface area contributed by atoms with E-state index >= 15 is 0 Å². The van der Waals surface area contributed by atoms with Gasteiger partial charge in [0, 0.05) is 6.20 Å². The van der Waals surface area contributed by atoms with E-state index < -0.39 is 5.97 Å². The zero-order valence-corrected chi connectivity index (χ0v) is 9.42. The standard InChI is InChI=1S/C12H13NO4/c1-2-17-11(14)5-3-4-9-6-7-10(12(15)16)13-8-9/h3-4,6-8H,2,5H2,1H3,(H,15,16). The Morgan fingerprint density at radius 3 is 2.76 bits per heavy atom. The largest absolute Gasteiger partial charge is 0.477 e. The van der Waals surface area contributed by atoms with Crippen LogP contribution in [0.2, 0.25) is 0 Å². The minimum absolute atomic E-state index is 0.00690. The average Bonchev–Trinajstić information content (AvgIpc) is 2.30. The molecule has 0 aliphatic heterocycles. The molecule has 90 valence electrons. The van der Waals surface area contributed by atoms with Gasteiger partial charge in [0.05, 0.1) is 13.0 Å². The van der Waals surface area contributed by atoms with Crippen LogP contribution < -0.4 is 0 Å². The van der Waals surface area contributed by atoms with E-state index in [4.69, 9.17) is 9.84 Å². The Bertz CT molecular complexity index is 423. The fourth-order valence-electron chi connectivity index (χ4n) is 1.14. The first-order valence-corrected chi connectivity index (χ1v) is 5.15. The molecule has 0 fully saturated rings. The van der Waals surface area contributed by atoms with E-state index in [0.717, 1.165) is 5.56 Å². The molecule has 1 N–H and O–H groups in total. The van der Waals surface area contributed by atoms with Gasteiger partial charge in [-0.1, -0.05) is 18.2 Å². The van der Waals surface area contributed by atoms with Gasteiger partial charge in [0.2, 0.25) is 0 Å². The molecule has 0 saturated heterocycles. The van der Waals surface area contributed by atoms with Gasteiger partial charge in [-0.15, -0.1) is 0 Å². The van der Waals surface area contributed by atoms with E-state index in [1.165, 1.54) is 12.3 Å². The van der Waals surface area contributed by atoms with Crippen LogP contribution in [0.3, 0.4) is 0 Å². The fraction of sp³-hybridized carbons (Fsp3) is 0.250. The average molecular weight is 235 g/mol. The Hall–Kier alpha value is -2.17. The monoisotopic (exact) mass is 235 g/mol. The van der Waals surface area contributed by atoms with Crippen molar-refractivity contribution in [3.05, 3.63) is 35.7 Å². The summed E-state index contributed by atoms with van der Waals surface area (Å²) in [7, 11) is 0. The zero-order chi connectivity index (χ0) is 12.7. The summed E-state index contributed by atoms with van der Waals surface area (Å²) in [5, 5.41) is 8.64. The number of nitrogens with zero attached hydrogens (tertiary/aromatic N) is 1. The van der Waals surface area contributed by atoms with E-state index in [9.17, 15) is 9.59 Å². The Balaban J connectivity index is 2.54. The van der Waals surface area contributed by atoms with E-state index in [-0.39, 0.29) is 18.1 Å². The lowest BCUT2D eigenvalue weighted by molar-refractivity contribution is -0.142. The molecule has 0 aliphatic carbocycles. The summed E-state index contributed by atoms with van der Waals surface area (Å²) in [5.41, 5.74) is 0.729. The third kappa shape index (κ3) is 4.46. The lowest BCUT2D eigenvalue weighted by Gasteiger charge is -1.97. The lowest BCUT2D eigenvalue weighted by atomic mass is 10.2. The van der Waals surface area contributed by atoms with E-state index in [1.807, 2.05) is 0 Å². The van der Waals surface area contributed by atoms with Crippen molar-refractivity contribution in [2.75, 3.05) is 6.61 Å². The molecule has 0 aliphatic rings. The summed E-state index contributed by atoms with van der Waals surface area (Å²) in [6.07, 6.45) is 4.96. The van der Waals surface area contributed by atoms with Crippen LogP contribution in [-0.2, 0) is 9.53 Å². The van der Waals surface area contributed by atoms with Crippen molar-refractivity contribution >= 4 is 18.0 Å². The van der Waals surface area contributed by atoms with Crippen molar-refractivity contribution in [1.82, 2.24) is 4.98 Å². The van der Waals surface area contributed by atoms with Crippen molar-refractivity contribution < 1.29 is 19.4 Å². The van der Waals surface area contributed by atoms with Crippen LogP contribution in [0, 0.1) is 0 Å². The maximum atomic E-state index is 11.0. The van der Waals surface area contributed by atoms with Gasteiger partial charge in [-0.3, -0.25) is 4.79 Å². The number of aromatic nitrogens is 1. The van der Waals surface area contributed by atoms with Gasteiger partial charge in [0.25, 0.3) is 0 Å². The molecule has 0 bridgehead atoms. The van der Waals surface area contributed by atoms with E-state index in [2.05, 4.69) is 4.98 Å². The molecule has 0 spiro atoms. The van der Waals surface area contributed by atoms with Crippen molar-refractivity contribution in [3.8, 4) is 0 Å². The molecule has 17 heavy (non-hydrogen) atoms.